The largest absolute Gasteiger partial charge is 0.444 e. The quantitative estimate of drug-likeness (QED) is 0.922. The molecule has 6 heteroatoms. The van der Waals surface area contributed by atoms with Crippen molar-refractivity contribution in [1.29, 1.82) is 0 Å². The predicted molar refractivity (Wildman–Crippen MR) is 92.2 cm³/mol. The molecule has 126 valence electrons. The normalized spacial score (nSPS) is 17.9. The van der Waals surface area contributed by atoms with E-state index in [9.17, 15) is 9.59 Å². The Hall–Kier alpha value is -1.69. The first-order valence-electron chi connectivity index (χ1n) is 7.67. The fraction of sp³-hybridized carbons (Fsp3) is 0.529. The van der Waals surface area contributed by atoms with Crippen LogP contribution in [-0.2, 0) is 16.1 Å². The van der Waals surface area contributed by atoms with E-state index in [2.05, 4.69) is 5.32 Å². The zero-order valence-electron chi connectivity index (χ0n) is 14.1. The lowest BCUT2D eigenvalue weighted by Crippen LogP contribution is -2.48. The van der Waals surface area contributed by atoms with E-state index in [0.717, 1.165) is 5.56 Å². The summed E-state index contributed by atoms with van der Waals surface area (Å²) >= 11 is 1.56. The van der Waals surface area contributed by atoms with Crippen LogP contribution in [0.4, 0.5) is 4.79 Å². The molecule has 23 heavy (non-hydrogen) atoms. The molecule has 1 aliphatic rings. The number of aryl methyl sites for hydroxylation is 1. The molecule has 0 aromatic heterocycles. The molecule has 0 bridgehead atoms. The SMILES string of the molecule is Cc1ccc(CNC(=O)[C@@H]2CSCN2C(=O)OC(C)(C)C)cc1. The van der Waals surface area contributed by atoms with Gasteiger partial charge in [0.05, 0.1) is 5.88 Å². The molecule has 0 radical (unpaired) electrons. The van der Waals surface area contributed by atoms with Crippen LogP contribution in [0.15, 0.2) is 24.3 Å². The molecule has 2 rings (SSSR count). The van der Waals surface area contributed by atoms with Gasteiger partial charge in [-0.1, -0.05) is 29.8 Å². The maximum absolute atomic E-state index is 12.4. The number of hydrogen-bond acceptors (Lipinski definition) is 4. The van der Waals surface area contributed by atoms with Gasteiger partial charge in [-0.15, -0.1) is 11.8 Å². The zero-order valence-corrected chi connectivity index (χ0v) is 14.9. The number of hydrogen-bond donors (Lipinski definition) is 1. The highest BCUT2D eigenvalue weighted by atomic mass is 32.2. The third-order valence-corrected chi connectivity index (χ3v) is 4.41. The Morgan fingerprint density at radius 3 is 2.57 bits per heavy atom. The highest BCUT2D eigenvalue weighted by Gasteiger charge is 2.36. The summed E-state index contributed by atoms with van der Waals surface area (Å²) in [5.41, 5.74) is 1.66. The Morgan fingerprint density at radius 1 is 1.30 bits per heavy atom. The van der Waals surface area contributed by atoms with Crippen LogP contribution in [-0.4, -0.2) is 40.2 Å². The Kier molecular flexibility index (Phi) is 5.57. The van der Waals surface area contributed by atoms with Gasteiger partial charge in [0.2, 0.25) is 5.91 Å². The molecule has 1 aliphatic heterocycles. The minimum atomic E-state index is -0.562. The molecule has 1 atom stereocenters. The lowest BCUT2D eigenvalue weighted by Gasteiger charge is -2.27. The van der Waals surface area contributed by atoms with Gasteiger partial charge in [-0.05, 0) is 33.3 Å². The summed E-state index contributed by atoms with van der Waals surface area (Å²) in [6.45, 7) is 7.95. The zero-order chi connectivity index (χ0) is 17.0. The second kappa shape index (κ2) is 7.25. The van der Waals surface area contributed by atoms with Gasteiger partial charge in [0.25, 0.3) is 0 Å². The summed E-state index contributed by atoms with van der Waals surface area (Å²) in [6, 6.07) is 7.54. The van der Waals surface area contributed by atoms with E-state index in [-0.39, 0.29) is 5.91 Å². The molecule has 1 saturated heterocycles. The molecule has 5 nitrogen and oxygen atoms in total. The van der Waals surface area contributed by atoms with E-state index < -0.39 is 17.7 Å². The summed E-state index contributed by atoms with van der Waals surface area (Å²) < 4.78 is 5.37. The number of nitrogens with one attached hydrogen (secondary N) is 1. The third kappa shape index (κ3) is 5.16. The predicted octanol–water partition coefficient (Wildman–Crippen LogP) is 2.92. The number of thioether (sulfide) groups is 1. The Labute approximate surface area is 141 Å². The summed E-state index contributed by atoms with van der Waals surface area (Å²) in [6.07, 6.45) is -0.432. The van der Waals surface area contributed by atoms with Crippen LogP contribution in [0.3, 0.4) is 0 Å². The molecule has 0 unspecified atom stereocenters. The molecule has 1 heterocycles. The maximum Gasteiger partial charge on any atom is 0.411 e. The van der Waals surface area contributed by atoms with Gasteiger partial charge in [0.1, 0.15) is 11.6 Å². The van der Waals surface area contributed by atoms with Crippen molar-refractivity contribution < 1.29 is 14.3 Å². The smallest absolute Gasteiger partial charge is 0.411 e. The Balaban J connectivity index is 1.92. The van der Waals surface area contributed by atoms with Crippen LogP contribution in [0.2, 0.25) is 0 Å². The molecule has 1 aromatic rings. The van der Waals surface area contributed by atoms with E-state index in [0.29, 0.717) is 18.2 Å². The number of rotatable bonds is 3. The summed E-state index contributed by atoms with van der Waals surface area (Å²) in [5.74, 6) is 0.942. The van der Waals surface area contributed by atoms with Crippen LogP contribution >= 0.6 is 11.8 Å². The van der Waals surface area contributed by atoms with E-state index in [1.807, 2.05) is 52.0 Å². The molecular weight excluding hydrogens is 312 g/mol. The van der Waals surface area contributed by atoms with E-state index in [1.165, 1.54) is 10.5 Å². The maximum atomic E-state index is 12.4. The van der Waals surface area contributed by atoms with Crippen molar-refractivity contribution in [2.45, 2.75) is 45.9 Å². The lowest BCUT2D eigenvalue weighted by atomic mass is 10.1. The van der Waals surface area contributed by atoms with E-state index in [1.54, 1.807) is 11.8 Å². The second-order valence-corrected chi connectivity index (χ2v) is 7.67. The monoisotopic (exact) mass is 336 g/mol. The number of nitrogens with zero attached hydrogens (tertiary/aromatic N) is 1. The number of carbonyl (C=O) groups is 2. The minimum Gasteiger partial charge on any atom is -0.444 e. The fourth-order valence-electron chi connectivity index (χ4n) is 2.17. The number of carbonyl (C=O) groups excluding carboxylic acids is 2. The Morgan fingerprint density at radius 2 is 1.96 bits per heavy atom. The first-order chi connectivity index (χ1) is 10.8. The Bertz CT molecular complexity index is 566. The first kappa shape index (κ1) is 17.7. The van der Waals surface area contributed by atoms with Crippen molar-refractivity contribution >= 4 is 23.8 Å². The van der Waals surface area contributed by atoms with Crippen molar-refractivity contribution in [3.05, 3.63) is 35.4 Å². The van der Waals surface area contributed by atoms with Gasteiger partial charge in [-0.25, -0.2) is 4.79 Å². The van der Waals surface area contributed by atoms with Crippen molar-refractivity contribution in [3.8, 4) is 0 Å². The number of benzene rings is 1. The molecule has 0 spiro atoms. The van der Waals surface area contributed by atoms with Crippen molar-refractivity contribution in [3.63, 3.8) is 0 Å². The van der Waals surface area contributed by atoms with Crippen molar-refractivity contribution in [1.82, 2.24) is 10.2 Å². The van der Waals surface area contributed by atoms with Gasteiger partial charge >= 0.3 is 6.09 Å². The standard InChI is InChI=1S/C17H24N2O3S/c1-12-5-7-13(8-6-12)9-18-15(20)14-10-23-11-19(14)16(21)22-17(2,3)4/h5-8,14H,9-11H2,1-4H3,(H,18,20)/t14-/m0/s1. The highest BCUT2D eigenvalue weighted by Crippen LogP contribution is 2.23. The number of ether oxygens (including phenoxy) is 1. The molecular formula is C17H24N2O3S. The van der Waals surface area contributed by atoms with Gasteiger partial charge in [-0.3, -0.25) is 9.69 Å². The van der Waals surface area contributed by atoms with Gasteiger partial charge in [0, 0.05) is 12.3 Å². The van der Waals surface area contributed by atoms with Crippen molar-refractivity contribution in [2.24, 2.45) is 0 Å². The highest BCUT2D eigenvalue weighted by molar-refractivity contribution is 7.99. The van der Waals surface area contributed by atoms with Gasteiger partial charge in [0.15, 0.2) is 0 Å². The summed E-state index contributed by atoms with van der Waals surface area (Å²) in [5, 5.41) is 2.91. The average Bonchev–Trinajstić information content (AvgIpc) is 2.94. The van der Waals surface area contributed by atoms with Crippen LogP contribution in [0.1, 0.15) is 31.9 Å². The topological polar surface area (TPSA) is 58.6 Å². The molecule has 0 saturated carbocycles. The molecule has 2 amide bonds. The molecule has 0 aliphatic carbocycles. The average molecular weight is 336 g/mol. The first-order valence-corrected chi connectivity index (χ1v) is 8.82. The molecule has 1 N–H and O–H groups in total. The van der Waals surface area contributed by atoms with Crippen LogP contribution in [0.25, 0.3) is 0 Å². The van der Waals surface area contributed by atoms with Crippen LogP contribution in [0, 0.1) is 6.92 Å². The molecule has 1 aromatic carbocycles. The van der Waals surface area contributed by atoms with Gasteiger partial charge in [-0.2, -0.15) is 0 Å². The van der Waals surface area contributed by atoms with Gasteiger partial charge < -0.3 is 10.1 Å². The van der Waals surface area contributed by atoms with E-state index in [4.69, 9.17) is 4.74 Å². The second-order valence-electron chi connectivity index (χ2n) is 6.67. The van der Waals surface area contributed by atoms with E-state index >= 15 is 0 Å². The summed E-state index contributed by atoms with van der Waals surface area (Å²) in [4.78, 5) is 26.1. The minimum absolute atomic E-state index is 0.138. The third-order valence-electron chi connectivity index (χ3n) is 3.40. The lowest BCUT2D eigenvalue weighted by molar-refractivity contribution is -0.125. The van der Waals surface area contributed by atoms with Crippen molar-refractivity contribution in [2.75, 3.05) is 11.6 Å². The fourth-order valence-corrected chi connectivity index (χ4v) is 3.32. The van der Waals surface area contributed by atoms with Crippen LogP contribution < -0.4 is 5.32 Å². The van der Waals surface area contributed by atoms with Crippen LogP contribution in [0.5, 0.6) is 0 Å². The number of amides is 2. The summed E-state index contributed by atoms with van der Waals surface area (Å²) in [7, 11) is 0. The molecule has 1 fully saturated rings.